The number of halogens is 1. The summed E-state index contributed by atoms with van der Waals surface area (Å²) in [4.78, 5) is 27.5. The Hall–Kier alpha value is -2.63. The van der Waals surface area contributed by atoms with E-state index in [0.717, 1.165) is 36.5 Å². The minimum absolute atomic E-state index is 0.0576. The third kappa shape index (κ3) is 5.68. The van der Waals surface area contributed by atoms with E-state index in [9.17, 15) is 9.59 Å². The van der Waals surface area contributed by atoms with E-state index in [2.05, 4.69) is 22.1 Å². The quantitative estimate of drug-likeness (QED) is 0.674. The summed E-state index contributed by atoms with van der Waals surface area (Å²) < 4.78 is 0. The second-order valence-corrected chi connectivity index (χ2v) is 7.61. The van der Waals surface area contributed by atoms with E-state index >= 15 is 0 Å². The summed E-state index contributed by atoms with van der Waals surface area (Å²) in [5, 5.41) is 6.46. The van der Waals surface area contributed by atoms with E-state index < -0.39 is 0 Å². The zero-order chi connectivity index (χ0) is 20.6. The lowest BCUT2D eigenvalue weighted by molar-refractivity contribution is -0.121. The van der Waals surface area contributed by atoms with Gasteiger partial charge in [0.2, 0.25) is 5.91 Å². The Morgan fingerprint density at radius 1 is 1.17 bits per heavy atom. The van der Waals surface area contributed by atoms with Crippen LogP contribution in [0.3, 0.4) is 0 Å². The summed E-state index contributed by atoms with van der Waals surface area (Å²) in [5.74, 6) is -0.418. The maximum atomic E-state index is 12.9. The maximum absolute atomic E-state index is 12.9. The first kappa shape index (κ1) is 21.1. The number of amides is 2. The molecule has 152 valence electrons. The second-order valence-electron chi connectivity index (χ2n) is 7.20. The summed E-state index contributed by atoms with van der Waals surface area (Å²) in [6.45, 7) is 6.31. The van der Waals surface area contributed by atoms with Crippen LogP contribution < -0.4 is 10.6 Å². The van der Waals surface area contributed by atoms with Gasteiger partial charge in [-0.15, -0.1) is 6.58 Å². The number of para-hydroxylation sites is 1. The Bertz CT molecular complexity index is 884. The average Bonchev–Trinajstić information content (AvgIpc) is 2.74. The van der Waals surface area contributed by atoms with Gasteiger partial charge in [-0.1, -0.05) is 48.0 Å². The molecule has 0 aliphatic carbocycles. The van der Waals surface area contributed by atoms with Crippen molar-refractivity contribution in [1.29, 1.82) is 0 Å². The second kappa shape index (κ2) is 10.2. The van der Waals surface area contributed by atoms with Gasteiger partial charge in [0.05, 0.1) is 17.2 Å². The van der Waals surface area contributed by atoms with Crippen LogP contribution in [0.2, 0.25) is 5.02 Å². The lowest BCUT2D eigenvalue weighted by atomic mass is 9.96. The zero-order valence-electron chi connectivity index (χ0n) is 16.4. The highest BCUT2D eigenvalue weighted by molar-refractivity contribution is 6.31. The van der Waals surface area contributed by atoms with Crippen molar-refractivity contribution in [2.45, 2.75) is 19.4 Å². The monoisotopic (exact) mass is 411 g/mol. The smallest absolute Gasteiger partial charge is 0.253 e. The molecule has 1 fully saturated rings. The van der Waals surface area contributed by atoms with E-state index in [1.165, 1.54) is 0 Å². The van der Waals surface area contributed by atoms with Gasteiger partial charge in [0.25, 0.3) is 5.91 Å². The first-order valence-corrected chi connectivity index (χ1v) is 10.2. The van der Waals surface area contributed by atoms with Crippen LogP contribution in [0.1, 0.15) is 28.8 Å². The molecule has 6 heteroatoms. The van der Waals surface area contributed by atoms with Crippen molar-refractivity contribution < 1.29 is 9.59 Å². The van der Waals surface area contributed by atoms with Gasteiger partial charge in [0.1, 0.15) is 0 Å². The number of rotatable bonds is 7. The molecule has 0 aromatic heterocycles. The van der Waals surface area contributed by atoms with Crippen LogP contribution in [-0.4, -0.2) is 36.3 Å². The van der Waals surface area contributed by atoms with Gasteiger partial charge in [-0.25, -0.2) is 0 Å². The number of carbonyl (C=O) groups is 2. The third-order valence-corrected chi connectivity index (χ3v) is 5.43. The molecular formula is C23H26ClN3O2. The molecule has 29 heavy (non-hydrogen) atoms. The number of hydrogen-bond acceptors (Lipinski definition) is 3. The summed E-state index contributed by atoms with van der Waals surface area (Å²) in [6.07, 6.45) is 3.40. The molecule has 2 amide bonds. The van der Waals surface area contributed by atoms with E-state index in [1.54, 1.807) is 24.3 Å². The van der Waals surface area contributed by atoms with Crippen molar-refractivity contribution in [2.24, 2.45) is 5.92 Å². The molecule has 2 aromatic carbocycles. The molecule has 1 aliphatic rings. The topological polar surface area (TPSA) is 61.4 Å². The predicted octanol–water partition coefficient (Wildman–Crippen LogP) is 4.11. The maximum Gasteiger partial charge on any atom is 0.253 e. The summed E-state index contributed by atoms with van der Waals surface area (Å²) in [5.41, 5.74) is 2.05. The fourth-order valence-corrected chi connectivity index (χ4v) is 3.76. The molecule has 0 radical (unpaired) electrons. The SMILES string of the molecule is C=CCNC(=O)c1ccccc1NC(=O)[C@H]1CCCN(Cc2ccccc2Cl)C1. The van der Waals surface area contributed by atoms with Crippen molar-refractivity contribution in [3.63, 3.8) is 0 Å². The Morgan fingerprint density at radius 3 is 2.72 bits per heavy atom. The van der Waals surface area contributed by atoms with Gasteiger partial charge in [-0.2, -0.15) is 0 Å². The van der Waals surface area contributed by atoms with Gasteiger partial charge in [0.15, 0.2) is 0 Å². The van der Waals surface area contributed by atoms with Crippen LogP contribution >= 0.6 is 11.6 Å². The van der Waals surface area contributed by atoms with Crippen LogP contribution in [-0.2, 0) is 11.3 Å². The van der Waals surface area contributed by atoms with Crippen molar-refractivity contribution in [3.05, 3.63) is 77.3 Å². The molecule has 2 N–H and O–H groups in total. The molecule has 1 saturated heterocycles. The molecule has 0 saturated carbocycles. The molecule has 0 unspecified atom stereocenters. The number of nitrogens with zero attached hydrogens (tertiary/aromatic N) is 1. The molecule has 3 rings (SSSR count). The lowest BCUT2D eigenvalue weighted by Gasteiger charge is -2.32. The number of anilines is 1. The van der Waals surface area contributed by atoms with Crippen LogP contribution in [0.4, 0.5) is 5.69 Å². The Morgan fingerprint density at radius 2 is 1.93 bits per heavy atom. The molecule has 1 heterocycles. The lowest BCUT2D eigenvalue weighted by Crippen LogP contribution is -2.40. The molecule has 1 aliphatic heterocycles. The standard InChI is InChI=1S/C23H26ClN3O2/c1-2-13-25-23(29)19-10-4-6-12-21(19)26-22(28)18-9-7-14-27(16-18)15-17-8-3-5-11-20(17)24/h2-6,8,10-12,18H,1,7,9,13-16H2,(H,25,29)(H,26,28)/t18-/m0/s1. The van der Waals surface area contributed by atoms with Gasteiger partial charge in [0, 0.05) is 24.7 Å². The molecule has 5 nitrogen and oxygen atoms in total. The highest BCUT2D eigenvalue weighted by atomic mass is 35.5. The minimum atomic E-state index is -0.232. The predicted molar refractivity (Wildman–Crippen MR) is 117 cm³/mol. The summed E-state index contributed by atoms with van der Waals surface area (Å²) in [6, 6.07) is 14.9. The van der Waals surface area contributed by atoms with E-state index in [-0.39, 0.29) is 17.7 Å². The minimum Gasteiger partial charge on any atom is -0.349 e. The van der Waals surface area contributed by atoms with Crippen LogP contribution in [0.5, 0.6) is 0 Å². The molecular weight excluding hydrogens is 386 g/mol. The van der Waals surface area contributed by atoms with Crippen LogP contribution in [0.25, 0.3) is 0 Å². The first-order valence-electron chi connectivity index (χ1n) is 9.83. The number of hydrogen-bond donors (Lipinski definition) is 2. The number of benzene rings is 2. The third-order valence-electron chi connectivity index (χ3n) is 5.06. The molecule has 0 spiro atoms. The fourth-order valence-electron chi connectivity index (χ4n) is 3.57. The van der Waals surface area contributed by atoms with Gasteiger partial charge >= 0.3 is 0 Å². The average molecular weight is 412 g/mol. The van der Waals surface area contributed by atoms with E-state index in [4.69, 9.17) is 11.6 Å². The van der Waals surface area contributed by atoms with Gasteiger partial charge < -0.3 is 10.6 Å². The van der Waals surface area contributed by atoms with Crippen molar-refractivity contribution in [2.75, 3.05) is 25.0 Å². The van der Waals surface area contributed by atoms with Crippen LogP contribution in [0.15, 0.2) is 61.2 Å². The van der Waals surface area contributed by atoms with E-state index in [0.29, 0.717) is 24.3 Å². The Kier molecular flexibility index (Phi) is 7.44. The molecule has 0 bridgehead atoms. The number of likely N-dealkylation sites (tertiary alicyclic amines) is 1. The first-order chi connectivity index (χ1) is 14.1. The van der Waals surface area contributed by atoms with Crippen molar-refractivity contribution in [1.82, 2.24) is 10.2 Å². The highest BCUT2D eigenvalue weighted by Gasteiger charge is 2.27. The number of piperidine rings is 1. The van der Waals surface area contributed by atoms with Gasteiger partial charge in [-0.3, -0.25) is 14.5 Å². The highest BCUT2D eigenvalue weighted by Crippen LogP contribution is 2.24. The van der Waals surface area contributed by atoms with Crippen molar-refractivity contribution in [3.8, 4) is 0 Å². The largest absolute Gasteiger partial charge is 0.349 e. The van der Waals surface area contributed by atoms with Crippen molar-refractivity contribution >= 4 is 29.1 Å². The summed E-state index contributed by atoms with van der Waals surface area (Å²) in [7, 11) is 0. The summed E-state index contributed by atoms with van der Waals surface area (Å²) >= 11 is 6.28. The normalized spacial score (nSPS) is 16.8. The Labute approximate surface area is 176 Å². The van der Waals surface area contributed by atoms with Crippen LogP contribution in [0, 0.1) is 5.92 Å². The van der Waals surface area contributed by atoms with E-state index in [1.807, 2.05) is 30.3 Å². The molecule has 1 atom stereocenters. The Balaban J connectivity index is 1.64. The molecule has 2 aromatic rings. The number of carbonyl (C=O) groups excluding carboxylic acids is 2. The fraction of sp³-hybridized carbons (Fsp3) is 0.304. The van der Waals surface area contributed by atoms with Gasteiger partial charge in [-0.05, 0) is 43.1 Å². The number of nitrogens with one attached hydrogen (secondary N) is 2. The zero-order valence-corrected chi connectivity index (χ0v) is 17.1.